The fourth-order valence-corrected chi connectivity index (χ4v) is 3.22. The van der Waals surface area contributed by atoms with E-state index in [-0.39, 0.29) is 23.7 Å². The Labute approximate surface area is 174 Å². The van der Waals surface area contributed by atoms with Gasteiger partial charge < -0.3 is 5.32 Å². The number of hydrogen-bond acceptors (Lipinski definition) is 5. The van der Waals surface area contributed by atoms with E-state index in [1.807, 2.05) is 13.8 Å². The molecule has 3 aromatic rings. The SMILES string of the molecule is CC(=O)c1ccc(NC(=O)CCc2c(C)nn(-c3nc(C)c(C)c(=O)[nH]3)c2C)cc1. The summed E-state index contributed by atoms with van der Waals surface area (Å²) >= 11 is 0. The number of aromatic amines is 1. The zero-order chi connectivity index (χ0) is 22.0. The Kier molecular flexibility index (Phi) is 5.96. The van der Waals surface area contributed by atoms with Crippen LogP contribution in [0.3, 0.4) is 0 Å². The highest BCUT2D eigenvalue weighted by Gasteiger charge is 2.16. The number of amides is 1. The highest BCUT2D eigenvalue weighted by molar-refractivity contribution is 5.95. The molecule has 2 heterocycles. The first-order chi connectivity index (χ1) is 14.2. The minimum atomic E-state index is -0.193. The summed E-state index contributed by atoms with van der Waals surface area (Å²) in [6.07, 6.45) is 0.781. The quantitative estimate of drug-likeness (QED) is 0.611. The average Bonchev–Trinajstić information content (AvgIpc) is 2.98. The average molecular weight is 407 g/mol. The van der Waals surface area contributed by atoms with Gasteiger partial charge in [-0.15, -0.1) is 0 Å². The second-order valence-corrected chi connectivity index (χ2v) is 7.34. The van der Waals surface area contributed by atoms with Crippen molar-refractivity contribution in [2.45, 2.75) is 47.5 Å². The summed E-state index contributed by atoms with van der Waals surface area (Å²) in [5.41, 5.74) is 4.84. The van der Waals surface area contributed by atoms with Crippen molar-refractivity contribution < 1.29 is 9.59 Å². The Bertz CT molecular complexity index is 1170. The summed E-state index contributed by atoms with van der Waals surface area (Å²) in [7, 11) is 0. The summed E-state index contributed by atoms with van der Waals surface area (Å²) in [6, 6.07) is 6.80. The number of aromatic nitrogens is 4. The van der Waals surface area contributed by atoms with E-state index in [2.05, 4.69) is 20.4 Å². The number of carbonyl (C=O) groups excluding carboxylic acids is 2. The van der Waals surface area contributed by atoms with E-state index in [0.29, 0.717) is 34.9 Å². The van der Waals surface area contributed by atoms with Crippen LogP contribution in [0.2, 0.25) is 0 Å². The van der Waals surface area contributed by atoms with Crippen LogP contribution in [0.1, 0.15) is 51.9 Å². The molecular weight excluding hydrogens is 382 g/mol. The third-order valence-electron chi connectivity index (χ3n) is 5.20. The third-order valence-corrected chi connectivity index (χ3v) is 5.20. The van der Waals surface area contributed by atoms with E-state index in [1.54, 1.807) is 42.8 Å². The molecule has 0 radical (unpaired) electrons. The monoisotopic (exact) mass is 407 g/mol. The minimum absolute atomic E-state index is 0.0181. The van der Waals surface area contributed by atoms with Crippen LogP contribution in [-0.2, 0) is 11.2 Å². The van der Waals surface area contributed by atoms with Gasteiger partial charge in [0.1, 0.15) is 0 Å². The molecule has 0 aliphatic carbocycles. The molecule has 156 valence electrons. The topological polar surface area (TPSA) is 110 Å². The van der Waals surface area contributed by atoms with Crippen LogP contribution >= 0.6 is 0 Å². The van der Waals surface area contributed by atoms with E-state index in [4.69, 9.17) is 0 Å². The predicted octanol–water partition coefficient (Wildman–Crippen LogP) is 2.96. The second-order valence-electron chi connectivity index (χ2n) is 7.34. The number of nitrogens with zero attached hydrogens (tertiary/aromatic N) is 3. The van der Waals surface area contributed by atoms with Crippen molar-refractivity contribution in [2.24, 2.45) is 0 Å². The summed E-state index contributed by atoms with van der Waals surface area (Å²) in [4.78, 5) is 43.0. The third kappa shape index (κ3) is 4.37. The number of benzene rings is 1. The van der Waals surface area contributed by atoms with Gasteiger partial charge in [-0.25, -0.2) is 9.67 Å². The molecule has 0 atom stereocenters. The van der Waals surface area contributed by atoms with Crippen LogP contribution in [0.15, 0.2) is 29.1 Å². The normalized spacial score (nSPS) is 10.8. The number of hydrogen-bond donors (Lipinski definition) is 2. The van der Waals surface area contributed by atoms with E-state index in [0.717, 1.165) is 17.0 Å². The maximum Gasteiger partial charge on any atom is 0.255 e. The molecule has 0 bridgehead atoms. The molecule has 2 N–H and O–H groups in total. The van der Waals surface area contributed by atoms with Gasteiger partial charge in [-0.05, 0) is 70.9 Å². The van der Waals surface area contributed by atoms with Crippen molar-refractivity contribution in [3.05, 3.63) is 68.4 Å². The molecular formula is C22H25N5O3. The smallest absolute Gasteiger partial charge is 0.255 e. The number of H-pyrrole nitrogens is 1. The minimum Gasteiger partial charge on any atom is -0.326 e. The Balaban J connectivity index is 1.72. The summed E-state index contributed by atoms with van der Waals surface area (Å²) < 4.78 is 1.61. The lowest BCUT2D eigenvalue weighted by Gasteiger charge is -2.08. The van der Waals surface area contributed by atoms with Crippen molar-refractivity contribution >= 4 is 17.4 Å². The summed E-state index contributed by atoms with van der Waals surface area (Å²) in [5, 5.41) is 7.34. The van der Waals surface area contributed by atoms with Crippen LogP contribution in [0.25, 0.3) is 5.95 Å². The van der Waals surface area contributed by atoms with Crippen LogP contribution in [0.5, 0.6) is 0 Å². The molecule has 0 aliphatic heterocycles. The molecule has 0 fully saturated rings. The van der Waals surface area contributed by atoms with E-state index >= 15 is 0 Å². The Morgan fingerprint density at radius 2 is 1.73 bits per heavy atom. The van der Waals surface area contributed by atoms with Gasteiger partial charge in [0.25, 0.3) is 5.56 Å². The first kappa shape index (κ1) is 21.2. The first-order valence-corrected chi connectivity index (χ1v) is 9.71. The van der Waals surface area contributed by atoms with Crippen LogP contribution < -0.4 is 10.9 Å². The number of rotatable bonds is 6. The number of ketones is 1. The zero-order valence-corrected chi connectivity index (χ0v) is 17.8. The molecule has 8 heteroatoms. The van der Waals surface area contributed by atoms with Gasteiger partial charge in [0.15, 0.2) is 5.78 Å². The van der Waals surface area contributed by atoms with Crippen molar-refractivity contribution in [3.63, 3.8) is 0 Å². The molecule has 0 aliphatic rings. The van der Waals surface area contributed by atoms with Crippen molar-refractivity contribution in [1.29, 1.82) is 0 Å². The lowest BCUT2D eigenvalue weighted by Crippen LogP contribution is -2.18. The summed E-state index contributed by atoms with van der Waals surface area (Å²) in [5.74, 6) is 0.218. The molecule has 1 aromatic carbocycles. The standard InChI is InChI=1S/C22H25N5O3/c1-12-13(2)23-22(25-21(12)30)27-15(4)19(14(3)26-27)10-11-20(29)24-18-8-6-17(7-9-18)16(5)28/h6-9H,10-11H2,1-5H3,(H,24,29)(H,23,25,30). The molecule has 0 spiro atoms. The van der Waals surface area contributed by atoms with E-state index in [9.17, 15) is 14.4 Å². The maximum absolute atomic E-state index is 12.4. The Morgan fingerprint density at radius 3 is 2.33 bits per heavy atom. The van der Waals surface area contributed by atoms with Crippen LogP contribution in [0.4, 0.5) is 5.69 Å². The largest absolute Gasteiger partial charge is 0.326 e. The number of carbonyl (C=O) groups is 2. The van der Waals surface area contributed by atoms with Gasteiger partial charge in [0.05, 0.1) is 5.69 Å². The summed E-state index contributed by atoms with van der Waals surface area (Å²) in [6.45, 7) is 8.78. The highest BCUT2D eigenvalue weighted by atomic mass is 16.1. The predicted molar refractivity (Wildman–Crippen MR) is 114 cm³/mol. The molecule has 0 saturated heterocycles. The zero-order valence-electron chi connectivity index (χ0n) is 17.8. The van der Waals surface area contributed by atoms with Crippen molar-refractivity contribution in [2.75, 3.05) is 5.32 Å². The molecule has 1 amide bonds. The van der Waals surface area contributed by atoms with Gasteiger partial charge in [0.2, 0.25) is 11.9 Å². The Hall–Kier alpha value is -3.55. The second kappa shape index (κ2) is 8.44. The van der Waals surface area contributed by atoms with Crippen molar-refractivity contribution in [1.82, 2.24) is 19.7 Å². The highest BCUT2D eigenvalue weighted by Crippen LogP contribution is 2.18. The molecule has 8 nitrogen and oxygen atoms in total. The van der Waals surface area contributed by atoms with Gasteiger partial charge in [-0.2, -0.15) is 5.10 Å². The Morgan fingerprint density at radius 1 is 1.07 bits per heavy atom. The molecule has 2 aromatic heterocycles. The number of aryl methyl sites for hydroxylation is 2. The molecule has 0 unspecified atom stereocenters. The lowest BCUT2D eigenvalue weighted by molar-refractivity contribution is -0.116. The maximum atomic E-state index is 12.4. The van der Waals surface area contributed by atoms with Gasteiger partial charge >= 0.3 is 0 Å². The van der Waals surface area contributed by atoms with E-state index < -0.39 is 0 Å². The number of Topliss-reactive ketones (excluding diaryl/α,β-unsaturated/α-hetero) is 1. The molecule has 30 heavy (non-hydrogen) atoms. The fourth-order valence-electron chi connectivity index (χ4n) is 3.22. The van der Waals surface area contributed by atoms with Gasteiger partial charge in [-0.1, -0.05) is 0 Å². The van der Waals surface area contributed by atoms with Gasteiger partial charge in [0, 0.05) is 34.6 Å². The lowest BCUT2D eigenvalue weighted by atomic mass is 10.1. The fraction of sp³-hybridized carbons (Fsp3) is 0.318. The first-order valence-electron chi connectivity index (χ1n) is 9.71. The number of nitrogens with one attached hydrogen (secondary N) is 2. The van der Waals surface area contributed by atoms with Crippen LogP contribution in [-0.4, -0.2) is 31.4 Å². The van der Waals surface area contributed by atoms with Gasteiger partial charge in [-0.3, -0.25) is 19.4 Å². The molecule has 3 rings (SSSR count). The molecule has 0 saturated carbocycles. The van der Waals surface area contributed by atoms with E-state index in [1.165, 1.54) is 6.92 Å². The number of anilines is 1. The van der Waals surface area contributed by atoms with Crippen LogP contribution in [0, 0.1) is 27.7 Å². The van der Waals surface area contributed by atoms with Crippen molar-refractivity contribution in [3.8, 4) is 5.95 Å².